The highest BCUT2D eigenvalue weighted by Crippen LogP contribution is 2.24. The summed E-state index contributed by atoms with van der Waals surface area (Å²) in [7, 11) is -1.62. The van der Waals surface area contributed by atoms with Crippen LogP contribution in [0.4, 0.5) is 0 Å². The van der Waals surface area contributed by atoms with E-state index < -0.39 is 16.0 Å². The van der Waals surface area contributed by atoms with Crippen LogP contribution in [0.15, 0.2) is 0 Å². The number of carboxylic acids is 1. The van der Waals surface area contributed by atoms with E-state index in [9.17, 15) is 13.2 Å². The molecule has 0 atom stereocenters. The van der Waals surface area contributed by atoms with Gasteiger partial charge in [0.05, 0.1) is 5.75 Å². The van der Waals surface area contributed by atoms with E-state index in [0.717, 1.165) is 5.69 Å². The molecule has 0 saturated carbocycles. The molecule has 0 saturated heterocycles. The third-order valence-electron chi connectivity index (χ3n) is 3.17. The van der Waals surface area contributed by atoms with Gasteiger partial charge in [-0.3, -0.25) is 4.68 Å². The van der Waals surface area contributed by atoms with Gasteiger partial charge in [0.25, 0.3) is 0 Å². The summed E-state index contributed by atoms with van der Waals surface area (Å²) in [5.41, 5.74) is 1.26. The van der Waals surface area contributed by atoms with E-state index in [1.165, 1.54) is 8.99 Å². The largest absolute Gasteiger partial charge is 0.476 e. The van der Waals surface area contributed by atoms with Gasteiger partial charge in [0.15, 0.2) is 5.69 Å². The van der Waals surface area contributed by atoms with Crippen molar-refractivity contribution in [3.8, 4) is 0 Å². The smallest absolute Gasteiger partial charge is 0.356 e. The van der Waals surface area contributed by atoms with Gasteiger partial charge in [0.2, 0.25) is 10.0 Å². The normalized spacial score (nSPS) is 16.6. The quantitative estimate of drug-likeness (QED) is 0.825. The van der Waals surface area contributed by atoms with Gasteiger partial charge in [-0.25, -0.2) is 13.2 Å². The second-order valence-corrected chi connectivity index (χ2v) is 6.44. The zero-order valence-corrected chi connectivity index (χ0v) is 11.1. The minimum atomic E-state index is -3.29. The predicted molar refractivity (Wildman–Crippen MR) is 63.7 cm³/mol. The lowest BCUT2D eigenvalue weighted by molar-refractivity contribution is 0.0687. The molecule has 0 radical (unpaired) electrons. The van der Waals surface area contributed by atoms with Crippen molar-refractivity contribution in [2.75, 3.05) is 12.3 Å². The molecule has 0 fully saturated rings. The molecule has 1 aliphatic rings. The molecular formula is C10H15N3O4S. The summed E-state index contributed by atoms with van der Waals surface area (Å²) in [6.45, 7) is 2.05. The number of hydrogen-bond acceptors (Lipinski definition) is 4. The molecule has 0 aliphatic carbocycles. The zero-order valence-electron chi connectivity index (χ0n) is 10.3. The lowest BCUT2D eigenvalue weighted by Gasteiger charge is -2.26. The molecule has 8 heteroatoms. The van der Waals surface area contributed by atoms with Crippen LogP contribution in [0, 0.1) is 0 Å². The summed E-state index contributed by atoms with van der Waals surface area (Å²) in [6.07, 6.45) is 0.491. The van der Waals surface area contributed by atoms with E-state index in [-0.39, 0.29) is 18.0 Å². The number of fused-ring (bicyclic) bond motifs is 1. The minimum absolute atomic E-state index is 0.0188. The van der Waals surface area contributed by atoms with Gasteiger partial charge < -0.3 is 5.11 Å². The highest BCUT2D eigenvalue weighted by atomic mass is 32.2. The van der Waals surface area contributed by atoms with Gasteiger partial charge in [0.1, 0.15) is 0 Å². The molecule has 0 bridgehead atoms. The Labute approximate surface area is 105 Å². The molecular weight excluding hydrogens is 258 g/mol. The summed E-state index contributed by atoms with van der Waals surface area (Å²) in [5.74, 6) is -1.10. The number of nitrogens with zero attached hydrogens (tertiary/aromatic N) is 3. The average molecular weight is 273 g/mol. The van der Waals surface area contributed by atoms with Gasteiger partial charge in [-0.1, -0.05) is 0 Å². The average Bonchev–Trinajstić information content (AvgIpc) is 2.66. The lowest BCUT2D eigenvalue weighted by atomic mass is 10.1. The summed E-state index contributed by atoms with van der Waals surface area (Å²) >= 11 is 0. The molecule has 1 N–H and O–H groups in total. The van der Waals surface area contributed by atoms with Crippen molar-refractivity contribution in [1.82, 2.24) is 14.1 Å². The Morgan fingerprint density at radius 3 is 2.72 bits per heavy atom. The first-order chi connectivity index (χ1) is 8.36. The number of carbonyl (C=O) groups is 1. The summed E-state index contributed by atoms with van der Waals surface area (Å²) in [5, 5.41) is 13.0. The van der Waals surface area contributed by atoms with Crippen LogP contribution in [0.5, 0.6) is 0 Å². The molecule has 0 spiro atoms. The van der Waals surface area contributed by atoms with E-state index in [4.69, 9.17) is 5.11 Å². The standard InChI is InChI=1S/C10H15N3O4S/c1-3-18(16,17)13-5-4-8-7(6-13)9(10(14)15)11-12(8)2/h3-6H2,1-2H3,(H,14,15). The SMILES string of the molecule is CCS(=O)(=O)N1CCc2c(c(C(=O)O)nn2C)C1. The van der Waals surface area contributed by atoms with Crippen LogP contribution in [0.1, 0.15) is 28.7 Å². The van der Waals surface area contributed by atoms with Crippen molar-refractivity contribution in [1.29, 1.82) is 0 Å². The number of carboxylic acid groups (broad SMARTS) is 1. The Balaban J connectivity index is 2.42. The monoisotopic (exact) mass is 273 g/mol. The molecule has 0 aromatic carbocycles. The summed E-state index contributed by atoms with van der Waals surface area (Å²) < 4.78 is 26.5. The molecule has 1 aromatic rings. The van der Waals surface area contributed by atoms with Crippen LogP contribution in [0.3, 0.4) is 0 Å². The Bertz CT molecular complexity index is 591. The van der Waals surface area contributed by atoms with Gasteiger partial charge in [-0.15, -0.1) is 0 Å². The molecule has 2 rings (SSSR count). The molecule has 0 unspecified atom stereocenters. The van der Waals surface area contributed by atoms with Crippen LogP contribution in [-0.4, -0.2) is 45.9 Å². The summed E-state index contributed by atoms with van der Waals surface area (Å²) in [6, 6.07) is 0. The van der Waals surface area contributed by atoms with Crippen LogP contribution in [-0.2, 0) is 30.0 Å². The first kappa shape index (κ1) is 13.0. The van der Waals surface area contributed by atoms with Crippen LogP contribution in [0.25, 0.3) is 0 Å². The van der Waals surface area contributed by atoms with Crippen LogP contribution >= 0.6 is 0 Å². The van der Waals surface area contributed by atoms with E-state index in [0.29, 0.717) is 18.5 Å². The topological polar surface area (TPSA) is 92.5 Å². The third-order valence-corrected chi connectivity index (χ3v) is 5.00. The van der Waals surface area contributed by atoms with Crippen LogP contribution < -0.4 is 0 Å². The molecule has 7 nitrogen and oxygen atoms in total. The number of aryl methyl sites for hydroxylation is 1. The number of sulfonamides is 1. The summed E-state index contributed by atoms with van der Waals surface area (Å²) in [4.78, 5) is 11.1. The highest BCUT2D eigenvalue weighted by molar-refractivity contribution is 7.89. The van der Waals surface area contributed by atoms with E-state index in [2.05, 4.69) is 5.10 Å². The van der Waals surface area contributed by atoms with E-state index in [1.54, 1.807) is 14.0 Å². The molecule has 100 valence electrons. The van der Waals surface area contributed by atoms with Crippen molar-refractivity contribution < 1.29 is 18.3 Å². The fourth-order valence-corrected chi connectivity index (χ4v) is 3.22. The van der Waals surface area contributed by atoms with Crippen molar-refractivity contribution in [2.45, 2.75) is 19.9 Å². The maximum Gasteiger partial charge on any atom is 0.356 e. The van der Waals surface area contributed by atoms with Gasteiger partial charge >= 0.3 is 5.97 Å². The number of aromatic carboxylic acids is 1. The Morgan fingerprint density at radius 1 is 1.50 bits per heavy atom. The van der Waals surface area contributed by atoms with E-state index in [1.807, 2.05) is 0 Å². The van der Waals surface area contributed by atoms with Crippen molar-refractivity contribution in [3.63, 3.8) is 0 Å². The van der Waals surface area contributed by atoms with Crippen molar-refractivity contribution >= 4 is 16.0 Å². The second kappa shape index (κ2) is 4.36. The van der Waals surface area contributed by atoms with E-state index >= 15 is 0 Å². The van der Waals surface area contributed by atoms with Gasteiger partial charge in [-0.05, 0) is 6.92 Å². The molecule has 18 heavy (non-hydrogen) atoms. The third kappa shape index (κ3) is 2.01. The first-order valence-corrected chi connectivity index (χ1v) is 7.23. The highest BCUT2D eigenvalue weighted by Gasteiger charge is 2.31. The molecule has 1 aromatic heterocycles. The van der Waals surface area contributed by atoms with Crippen molar-refractivity contribution in [2.24, 2.45) is 7.05 Å². The first-order valence-electron chi connectivity index (χ1n) is 5.62. The fourth-order valence-electron chi connectivity index (χ4n) is 2.16. The number of rotatable bonds is 3. The Kier molecular flexibility index (Phi) is 3.16. The zero-order chi connectivity index (χ0) is 13.5. The Morgan fingerprint density at radius 2 is 2.17 bits per heavy atom. The van der Waals surface area contributed by atoms with Crippen LogP contribution in [0.2, 0.25) is 0 Å². The van der Waals surface area contributed by atoms with Crippen molar-refractivity contribution in [3.05, 3.63) is 17.0 Å². The second-order valence-electron chi connectivity index (χ2n) is 4.19. The maximum atomic E-state index is 11.8. The minimum Gasteiger partial charge on any atom is -0.476 e. The predicted octanol–water partition coefficient (Wildman–Crippen LogP) is -0.174. The van der Waals surface area contributed by atoms with Gasteiger partial charge in [0, 0.05) is 37.8 Å². The maximum absolute atomic E-state index is 11.8. The molecule has 2 heterocycles. The fraction of sp³-hybridized carbons (Fsp3) is 0.600. The number of aromatic nitrogens is 2. The Hall–Kier alpha value is -1.41. The lowest BCUT2D eigenvalue weighted by Crippen LogP contribution is -2.37. The molecule has 0 amide bonds. The number of hydrogen-bond donors (Lipinski definition) is 1. The molecule has 1 aliphatic heterocycles. The van der Waals surface area contributed by atoms with Gasteiger partial charge in [-0.2, -0.15) is 9.40 Å².